The molecule has 1 fully saturated rings. The number of aromatic nitrogens is 2. The SMILES string of the molecule is CC(C)(O)C(C)(C)OB(O)c1cnc(N2CCOCC2)nc1. The Labute approximate surface area is 131 Å². The number of anilines is 1. The van der Waals surface area contributed by atoms with E-state index in [0.29, 0.717) is 24.6 Å². The molecule has 0 radical (unpaired) electrons. The molecule has 0 amide bonds. The molecule has 2 N–H and O–H groups in total. The average molecular weight is 309 g/mol. The van der Waals surface area contributed by atoms with Gasteiger partial charge in [0.25, 0.3) is 0 Å². The largest absolute Gasteiger partial charge is 0.494 e. The second-order valence-electron chi connectivity index (χ2n) is 6.46. The van der Waals surface area contributed by atoms with E-state index in [1.165, 1.54) is 0 Å². The van der Waals surface area contributed by atoms with Gasteiger partial charge in [-0.05, 0) is 27.7 Å². The molecule has 1 aliphatic rings. The van der Waals surface area contributed by atoms with Crippen LogP contribution in [0, 0.1) is 0 Å². The Morgan fingerprint density at radius 3 is 2.23 bits per heavy atom. The number of hydrogen-bond donors (Lipinski definition) is 2. The first kappa shape index (κ1) is 17.1. The topological polar surface area (TPSA) is 87.9 Å². The molecule has 7 nitrogen and oxygen atoms in total. The van der Waals surface area contributed by atoms with Crippen molar-refractivity contribution in [3.05, 3.63) is 12.4 Å². The zero-order chi connectivity index (χ0) is 16.4. The molecule has 0 bridgehead atoms. The molecule has 1 saturated heterocycles. The third kappa shape index (κ3) is 3.95. The molecular weight excluding hydrogens is 285 g/mol. The van der Waals surface area contributed by atoms with Crippen LogP contribution in [0.3, 0.4) is 0 Å². The van der Waals surface area contributed by atoms with Crippen LogP contribution in [-0.2, 0) is 9.39 Å². The summed E-state index contributed by atoms with van der Waals surface area (Å²) in [5.74, 6) is 0.612. The summed E-state index contributed by atoms with van der Waals surface area (Å²) in [7, 11) is -1.19. The first-order chi connectivity index (χ1) is 10.2. The van der Waals surface area contributed by atoms with Crippen molar-refractivity contribution >= 4 is 18.5 Å². The second kappa shape index (κ2) is 6.50. The minimum atomic E-state index is -1.19. The summed E-state index contributed by atoms with van der Waals surface area (Å²) in [6.07, 6.45) is 3.09. The van der Waals surface area contributed by atoms with E-state index >= 15 is 0 Å². The van der Waals surface area contributed by atoms with Crippen molar-refractivity contribution in [1.82, 2.24) is 9.97 Å². The number of aliphatic hydroxyl groups is 1. The lowest BCUT2D eigenvalue weighted by Crippen LogP contribution is -2.53. The molecule has 0 aliphatic carbocycles. The first-order valence-corrected chi connectivity index (χ1v) is 7.43. The van der Waals surface area contributed by atoms with Crippen molar-refractivity contribution in [3.8, 4) is 0 Å². The zero-order valence-corrected chi connectivity index (χ0v) is 13.6. The van der Waals surface area contributed by atoms with Crippen molar-refractivity contribution in [3.63, 3.8) is 0 Å². The number of morpholine rings is 1. The Balaban J connectivity index is 2.03. The molecule has 0 spiro atoms. The van der Waals surface area contributed by atoms with Gasteiger partial charge in [0.05, 0.1) is 24.4 Å². The van der Waals surface area contributed by atoms with Gasteiger partial charge in [-0.1, -0.05) is 0 Å². The van der Waals surface area contributed by atoms with Crippen LogP contribution in [0.2, 0.25) is 0 Å². The van der Waals surface area contributed by atoms with Crippen molar-refractivity contribution in [1.29, 1.82) is 0 Å². The fourth-order valence-corrected chi connectivity index (χ4v) is 1.88. The second-order valence-corrected chi connectivity index (χ2v) is 6.46. The van der Waals surface area contributed by atoms with Gasteiger partial charge in [-0.15, -0.1) is 0 Å². The fraction of sp³-hybridized carbons (Fsp3) is 0.714. The van der Waals surface area contributed by atoms with Gasteiger partial charge >= 0.3 is 7.12 Å². The molecule has 22 heavy (non-hydrogen) atoms. The van der Waals surface area contributed by atoms with Crippen LogP contribution in [-0.4, -0.2) is 64.7 Å². The van der Waals surface area contributed by atoms with Crippen molar-refractivity contribution in [2.75, 3.05) is 31.2 Å². The third-order valence-corrected chi connectivity index (χ3v) is 4.12. The van der Waals surface area contributed by atoms with Gasteiger partial charge in [0.15, 0.2) is 0 Å². The fourth-order valence-electron chi connectivity index (χ4n) is 1.88. The number of rotatable bonds is 5. The standard InChI is InChI=1S/C14H24BN3O4/c1-13(2,19)14(3,4)22-15(20)11-9-16-12(17-10-11)18-5-7-21-8-6-18/h9-10,19-20H,5-8H2,1-4H3. The Hall–Kier alpha value is -1.22. The molecule has 1 aromatic rings. The van der Waals surface area contributed by atoms with Crippen LogP contribution >= 0.6 is 0 Å². The summed E-state index contributed by atoms with van der Waals surface area (Å²) in [6, 6.07) is 0. The summed E-state index contributed by atoms with van der Waals surface area (Å²) < 4.78 is 10.9. The number of ether oxygens (including phenoxy) is 1. The van der Waals surface area contributed by atoms with E-state index in [0.717, 1.165) is 13.1 Å². The molecule has 2 rings (SSSR count). The maximum Gasteiger partial charge on any atom is 0.494 e. The van der Waals surface area contributed by atoms with Crippen LogP contribution < -0.4 is 10.4 Å². The van der Waals surface area contributed by atoms with Crippen LogP contribution in [0.25, 0.3) is 0 Å². The average Bonchev–Trinajstić information content (AvgIpc) is 2.47. The lowest BCUT2D eigenvalue weighted by molar-refractivity contribution is -0.0982. The summed E-state index contributed by atoms with van der Waals surface area (Å²) in [4.78, 5) is 10.6. The smallest absolute Gasteiger partial charge is 0.423 e. The van der Waals surface area contributed by atoms with Gasteiger partial charge in [0.1, 0.15) is 0 Å². The summed E-state index contributed by atoms with van der Waals surface area (Å²) in [5.41, 5.74) is -1.56. The van der Waals surface area contributed by atoms with E-state index in [1.54, 1.807) is 40.1 Å². The van der Waals surface area contributed by atoms with E-state index in [2.05, 4.69) is 9.97 Å². The summed E-state index contributed by atoms with van der Waals surface area (Å²) in [6.45, 7) is 9.55. The van der Waals surface area contributed by atoms with Crippen LogP contribution in [0.1, 0.15) is 27.7 Å². The lowest BCUT2D eigenvalue weighted by atomic mass is 9.78. The Kier molecular flexibility index (Phi) is 5.06. The first-order valence-electron chi connectivity index (χ1n) is 7.43. The zero-order valence-electron chi connectivity index (χ0n) is 13.6. The van der Waals surface area contributed by atoms with Crippen LogP contribution in [0.15, 0.2) is 12.4 Å². The van der Waals surface area contributed by atoms with Gasteiger partial charge in [-0.2, -0.15) is 0 Å². The van der Waals surface area contributed by atoms with Gasteiger partial charge in [-0.3, -0.25) is 0 Å². The minimum Gasteiger partial charge on any atom is -0.423 e. The molecule has 0 saturated carbocycles. The van der Waals surface area contributed by atoms with Gasteiger partial charge < -0.3 is 24.4 Å². The highest BCUT2D eigenvalue weighted by molar-refractivity contribution is 6.59. The summed E-state index contributed by atoms with van der Waals surface area (Å²) in [5, 5.41) is 20.2. The van der Waals surface area contributed by atoms with Crippen LogP contribution in [0.4, 0.5) is 5.95 Å². The van der Waals surface area contributed by atoms with Gasteiger partial charge in [0.2, 0.25) is 5.95 Å². The Bertz CT molecular complexity index is 484. The van der Waals surface area contributed by atoms with E-state index in [-0.39, 0.29) is 0 Å². The highest BCUT2D eigenvalue weighted by atomic mass is 16.5. The highest BCUT2D eigenvalue weighted by Gasteiger charge is 2.39. The quantitative estimate of drug-likeness (QED) is 0.713. The van der Waals surface area contributed by atoms with Crippen molar-refractivity contribution in [2.24, 2.45) is 0 Å². The predicted molar refractivity (Wildman–Crippen MR) is 84.1 cm³/mol. The molecule has 122 valence electrons. The van der Waals surface area contributed by atoms with Gasteiger partial charge in [0, 0.05) is 30.9 Å². The molecule has 1 aliphatic heterocycles. The normalized spacial score (nSPS) is 16.7. The molecule has 2 heterocycles. The molecule has 1 aromatic heterocycles. The summed E-state index contributed by atoms with van der Waals surface area (Å²) >= 11 is 0. The molecule has 0 unspecified atom stereocenters. The van der Waals surface area contributed by atoms with Crippen molar-refractivity contribution in [2.45, 2.75) is 38.9 Å². The lowest BCUT2D eigenvalue weighted by Gasteiger charge is -2.38. The maximum atomic E-state index is 10.2. The van der Waals surface area contributed by atoms with Gasteiger partial charge in [-0.25, -0.2) is 9.97 Å². The van der Waals surface area contributed by atoms with E-state index in [1.807, 2.05) is 4.90 Å². The molecule has 0 atom stereocenters. The molecule has 0 aromatic carbocycles. The molecule has 8 heteroatoms. The van der Waals surface area contributed by atoms with E-state index in [9.17, 15) is 10.1 Å². The Morgan fingerprint density at radius 2 is 1.73 bits per heavy atom. The van der Waals surface area contributed by atoms with Crippen molar-refractivity contribution < 1.29 is 19.5 Å². The monoisotopic (exact) mass is 309 g/mol. The van der Waals surface area contributed by atoms with E-state index < -0.39 is 18.3 Å². The highest BCUT2D eigenvalue weighted by Crippen LogP contribution is 2.25. The number of hydrogen-bond acceptors (Lipinski definition) is 7. The minimum absolute atomic E-state index is 0.453. The maximum absolute atomic E-state index is 10.2. The van der Waals surface area contributed by atoms with E-state index in [4.69, 9.17) is 9.39 Å². The van der Waals surface area contributed by atoms with Crippen LogP contribution in [0.5, 0.6) is 0 Å². The predicted octanol–water partition coefficient (Wildman–Crippen LogP) is -0.433. The Morgan fingerprint density at radius 1 is 1.18 bits per heavy atom. The third-order valence-electron chi connectivity index (χ3n) is 4.12. The number of nitrogens with zero attached hydrogens (tertiary/aromatic N) is 3. The molecular formula is C14H24BN3O4.